The van der Waals surface area contributed by atoms with Gasteiger partial charge in [-0.1, -0.05) is 6.07 Å². The van der Waals surface area contributed by atoms with Crippen LogP contribution in [0, 0.1) is 24.0 Å². The van der Waals surface area contributed by atoms with Gasteiger partial charge in [0, 0.05) is 29.9 Å². The molecule has 134 valence electrons. The van der Waals surface area contributed by atoms with Crippen LogP contribution in [0.2, 0.25) is 0 Å². The number of hydrogen-bond donors (Lipinski definition) is 1. The highest BCUT2D eigenvalue weighted by molar-refractivity contribution is 6.04. The maximum Gasteiger partial charge on any atom is 0.269 e. The van der Waals surface area contributed by atoms with Gasteiger partial charge in [-0.2, -0.15) is 0 Å². The first-order chi connectivity index (χ1) is 12.3. The largest absolute Gasteiger partial charge is 0.325 e. The molecule has 0 spiro atoms. The molecule has 0 saturated heterocycles. The Morgan fingerprint density at radius 1 is 1.15 bits per heavy atom. The minimum Gasteiger partial charge on any atom is -0.325 e. The molecule has 3 rings (SSSR count). The van der Waals surface area contributed by atoms with E-state index >= 15 is 0 Å². The highest BCUT2D eigenvalue weighted by Gasteiger charge is 2.27. The summed E-state index contributed by atoms with van der Waals surface area (Å²) in [6.07, 6.45) is 0.663. The van der Waals surface area contributed by atoms with Crippen molar-refractivity contribution in [1.82, 2.24) is 0 Å². The van der Waals surface area contributed by atoms with Crippen molar-refractivity contribution in [3.8, 4) is 0 Å². The Morgan fingerprint density at radius 2 is 1.92 bits per heavy atom. The molecule has 1 aliphatic heterocycles. The molecular weight excluding hydrogens is 334 g/mol. The van der Waals surface area contributed by atoms with Crippen molar-refractivity contribution in [2.24, 2.45) is 0 Å². The van der Waals surface area contributed by atoms with Gasteiger partial charge in [0.25, 0.3) is 5.69 Å². The smallest absolute Gasteiger partial charge is 0.269 e. The van der Waals surface area contributed by atoms with E-state index in [-0.39, 0.29) is 30.5 Å². The molecule has 1 N–H and O–H groups in total. The average Bonchev–Trinajstić information content (AvgIpc) is 2.60. The number of nitrogens with one attached hydrogen (secondary N) is 1. The van der Waals surface area contributed by atoms with Crippen molar-refractivity contribution in [3.63, 3.8) is 0 Å². The molecule has 0 radical (unpaired) electrons. The number of rotatable bonds is 4. The van der Waals surface area contributed by atoms with Crippen LogP contribution < -0.4 is 10.2 Å². The van der Waals surface area contributed by atoms with Crippen molar-refractivity contribution >= 4 is 28.9 Å². The predicted molar refractivity (Wildman–Crippen MR) is 98.3 cm³/mol. The highest BCUT2D eigenvalue weighted by atomic mass is 16.6. The molecule has 0 unspecified atom stereocenters. The summed E-state index contributed by atoms with van der Waals surface area (Å²) in [6, 6.07) is 9.97. The Balaban J connectivity index is 1.78. The second kappa shape index (κ2) is 6.95. The van der Waals surface area contributed by atoms with E-state index in [4.69, 9.17) is 0 Å². The Bertz CT molecular complexity index is 908. The number of carbonyl (C=O) groups excluding carboxylic acids is 2. The van der Waals surface area contributed by atoms with E-state index in [2.05, 4.69) is 5.32 Å². The van der Waals surface area contributed by atoms with E-state index in [1.54, 1.807) is 0 Å². The minimum atomic E-state index is -0.465. The fraction of sp³-hybridized carbons (Fsp3) is 0.263. The van der Waals surface area contributed by atoms with Crippen LogP contribution in [0.25, 0.3) is 0 Å². The average molecular weight is 353 g/mol. The number of nitro benzene ring substituents is 1. The first-order valence-corrected chi connectivity index (χ1v) is 8.30. The zero-order valence-electron chi connectivity index (χ0n) is 14.6. The topological polar surface area (TPSA) is 92.6 Å². The van der Waals surface area contributed by atoms with Crippen molar-refractivity contribution < 1.29 is 14.5 Å². The van der Waals surface area contributed by atoms with Crippen molar-refractivity contribution in [2.45, 2.75) is 26.7 Å². The maximum atomic E-state index is 12.4. The summed E-state index contributed by atoms with van der Waals surface area (Å²) >= 11 is 0. The van der Waals surface area contributed by atoms with Crippen LogP contribution in [0.5, 0.6) is 0 Å². The fourth-order valence-corrected chi connectivity index (χ4v) is 3.00. The summed E-state index contributed by atoms with van der Waals surface area (Å²) in [6.45, 7) is 3.82. The minimum absolute atomic E-state index is 0.0161. The van der Waals surface area contributed by atoms with Gasteiger partial charge >= 0.3 is 0 Å². The normalized spacial score (nSPS) is 13.3. The van der Waals surface area contributed by atoms with Gasteiger partial charge in [-0.25, -0.2) is 0 Å². The number of carbonyl (C=O) groups is 2. The van der Waals surface area contributed by atoms with Crippen LogP contribution in [0.15, 0.2) is 36.4 Å². The lowest BCUT2D eigenvalue weighted by atomic mass is 10.0. The summed E-state index contributed by atoms with van der Waals surface area (Å²) in [5.41, 5.74) is 4.11. The van der Waals surface area contributed by atoms with E-state index in [0.29, 0.717) is 23.4 Å². The SMILES string of the molecule is Cc1ccc(NC(=O)CN2C(=O)CCc3cc([N+](=O)[O-])ccc32)cc1C. The van der Waals surface area contributed by atoms with Crippen molar-refractivity contribution in [3.05, 3.63) is 63.2 Å². The molecule has 0 aliphatic carbocycles. The van der Waals surface area contributed by atoms with Crippen LogP contribution >= 0.6 is 0 Å². The Hall–Kier alpha value is -3.22. The summed E-state index contributed by atoms with van der Waals surface area (Å²) < 4.78 is 0. The van der Waals surface area contributed by atoms with Gasteiger partial charge in [-0.05, 0) is 55.2 Å². The molecule has 0 bridgehead atoms. The Labute approximate surface area is 150 Å². The van der Waals surface area contributed by atoms with E-state index < -0.39 is 4.92 Å². The summed E-state index contributed by atoms with van der Waals surface area (Å²) in [4.78, 5) is 36.5. The summed E-state index contributed by atoms with van der Waals surface area (Å²) in [5.74, 6) is -0.477. The van der Waals surface area contributed by atoms with Crippen LogP contribution in [-0.4, -0.2) is 23.3 Å². The van der Waals surface area contributed by atoms with Gasteiger partial charge in [0.05, 0.1) is 4.92 Å². The van der Waals surface area contributed by atoms with Crippen LogP contribution in [0.4, 0.5) is 17.1 Å². The maximum absolute atomic E-state index is 12.4. The van der Waals surface area contributed by atoms with Crippen molar-refractivity contribution in [1.29, 1.82) is 0 Å². The molecule has 1 aliphatic rings. The number of nitrogens with zero attached hydrogens (tertiary/aromatic N) is 2. The summed E-state index contributed by atoms with van der Waals surface area (Å²) in [5, 5.41) is 13.7. The third-order valence-electron chi connectivity index (χ3n) is 4.57. The van der Waals surface area contributed by atoms with Gasteiger partial charge in [0.1, 0.15) is 6.54 Å². The second-order valence-corrected chi connectivity index (χ2v) is 6.40. The quantitative estimate of drug-likeness (QED) is 0.675. The third kappa shape index (κ3) is 3.56. The fourth-order valence-electron chi connectivity index (χ4n) is 3.00. The molecule has 2 aromatic carbocycles. The number of benzene rings is 2. The van der Waals surface area contributed by atoms with E-state index in [9.17, 15) is 19.7 Å². The molecule has 2 amide bonds. The first-order valence-electron chi connectivity index (χ1n) is 8.30. The predicted octanol–water partition coefficient (Wildman–Crippen LogP) is 3.13. The first kappa shape index (κ1) is 17.6. The third-order valence-corrected chi connectivity index (χ3v) is 4.57. The number of non-ortho nitro benzene ring substituents is 1. The molecular formula is C19H19N3O4. The number of hydrogen-bond acceptors (Lipinski definition) is 4. The molecule has 0 fully saturated rings. The van der Waals surface area contributed by atoms with E-state index in [1.165, 1.54) is 23.1 Å². The lowest BCUT2D eigenvalue weighted by molar-refractivity contribution is -0.384. The molecule has 7 nitrogen and oxygen atoms in total. The lowest BCUT2D eigenvalue weighted by Gasteiger charge is -2.28. The second-order valence-electron chi connectivity index (χ2n) is 6.40. The standard InChI is InChI=1S/C19H19N3O4/c1-12-3-5-15(9-13(12)2)20-18(23)11-21-17-7-6-16(22(25)26)10-14(17)4-8-19(21)24/h3,5-7,9-10H,4,8,11H2,1-2H3,(H,20,23). The number of fused-ring (bicyclic) bond motifs is 1. The van der Waals surface area contributed by atoms with E-state index in [0.717, 1.165) is 11.1 Å². The number of amides is 2. The van der Waals surface area contributed by atoms with Crippen LogP contribution in [0.3, 0.4) is 0 Å². The van der Waals surface area contributed by atoms with Crippen LogP contribution in [-0.2, 0) is 16.0 Å². The van der Waals surface area contributed by atoms with Gasteiger partial charge < -0.3 is 10.2 Å². The van der Waals surface area contributed by atoms with E-state index in [1.807, 2.05) is 32.0 Å². The molecule has 0 atom stereocenters. The highest BCUT2D eigenvalue weighted by Crippen LogP contribution is 2.31. The molecule has 1 heterocycles. The van der Waals surface area contributed by atoms with Gasteiger partial charge in [0.2, 0.25) is 11.8 Å². The number of aryl methyl sites for hydroxylation is 3. The molecule has 26 heavy (non-hydrogen) atoms. The zero-order chi connectivity index (χ0) is 18.8. The number of nitro groups is 1. The Kier molecular flexibility index (Phi) is 4.71. The van der Waals surface area contributed by atoms with Gasteiger partial charge in [-0.15, -0.1) is 0 Å². The zero-order valence-corrected chi connectivity index (χ0v) is 14.6. The van der Waals surface area contributed by atoms with Crippen LogP contribution in [0.1, 0.15) is 23.1 Å². The number of anilines is 2. The van der Waals surface area contributed by atoms with Crippen molar-refractivity contribution in [2.75, 3.05) is 16.8 Å². The molecule has 0 aromatic heterocycles. The monoisotopic (exact) mass is 353 g/mol. The van der Waals surface area contributed by atoms with Gasteiger partial charge in [0.15, 0.2) is 0 Å². The molecule has 0 saturated carbocycles. The molecule has 7 heteroatoms. The van der Waals surface area contributed by atoms with Gasteiger partial charge in [-0.3, -0.25) is 19.7 Å². The molecule has 2 aromatic rings. The lowest BCUT2D eigenvalue weighted by Crippen LogP contribution is -2.40. The Morgan fingerprint density at radius 3 is 2.62 bits per heavy atom. The summed E-state index contributed by atoms with van der Waals surface area (Å²) in [7, 11) is 0.